The molecular formula is C9H19NO3S. The van der Waals surface area contributed by atoms with Gasteiger partial charge in [0.05, 0.1) is 12.2 Å². The average Bonchev–Trinajstić information content (AvgIpc) is 2.16. The molecule has 0 aliphatic carbocycles. The van der Waals surface area contributed by atoms with Gasteiger partial charge in [-0.3, -0.25) is 4.79 Å². The number of methoxy groups -OCH3 is 1. The molecule has 5 heteroatoms. The van der Waals surface area contributed by atoms with Crippen LogP contribution in [0.3, 0.4) is 0 Å². The first-order chi connectivity index (χ1) is 6.43. The number of thiol groups is 1. The van der Waals surface area contributed by atoms with Crippen LogP contribution in [0.1, 0.15) is 20.3 Å². The second-order valence-electron chi connectivity index (χ2n) is 3.67. The van der Waals surface area contributed by atoms with Crippen LogP contribution >= 0.6 is 12.6 Å². The fourth-order valence-corrected chi connectivity index (χ4v) is 0.830. The summed E-state index contributed by atoms with van der Waals surface area (Å²) in [7, 11) is 1.63. The Morgan fingerprint density at radius 3 is 2.57 bits per heavy atom. The molecule has 0 rings (SSSR count). The highest BCUT2D eigenvalue weighted by Gasteiger charge is 2.18. The predicted molar refractivity (Wildman–Crippen MR) is 58.5 cm³/mol. The molecule has 0 spiro atoms. The zero-order valence-corrected chi connectivity index (χ0v) is 9.84. The highest BCUT2D eigenvalue weighted by atomic mass is 32.1. The summed E-state index contributed by atoms with van der Waals surface area (Å²) < 4.78 is 10.1. The SMILES string of the molecule is COC(C)(C)CCOC(=O)C(N)CS. The Balaban J connectivity index is 3.69. The first-order valence-corrected chi connectivity index (χ1v) is 5.14. The number of hydrogen-bond acceptors (Lipinski definition) is 5. The summed E-state index contributed by atoms with van der Waals surface area (Å²) in [6.07, 6.45) is 0.647. The Morgan fingerprint density at radius 1 is 1.57 bits per heavy atom. The summed E-state index contributed by atoms with van der Waals surface area (Å²) in [4.78, 5) is 11.1. The van der Waals surface area contributed by atoms with Crippen molar-refractivity contribution in [3.05, 3.63) is 0 Å². The van der Waals surface area contributed by atoms with Crippen LogP contribution < -0.4 is 5.73 Å². The van der Waals surface area contributed by atoms with Crippen LogP contribution in [0, 0.1) is 0 Å². The summed E-state index contributed by atoms with van der Waals surface area (Å²) in [5.41, 5.74) is 5.14. The number of hydrogen-bond donors (Lipinski definition) is 2. The lowest BCUT2D eigenvalue weighted by molar-refractivity contribution is -0.146. The molecule has 4 nitrogen and oxygen atoms in total. The molecule has 0 aromatic rings. The van der Waals surface area contributed by atoms with E-state index in [1.807, 2.05) is 13.8 Å². The van der Waals surface area contributed by atoms with Crippen LogP contribution in [0.4, 0.5) is 0 Å². The average molecular weight is 221 g/mol. The number of nitrogens with two attached hydrogens (primary N) is 1. The predicted octanol–water partition coefficient (Wildman–Crippen LogP) is 0.602. The molecule has 1 atom stereocenters. The van der Waals surface area contributed by atoms with Gasteiger partial charge in [-0.05, 0) is 13.8 Å². The van der Waals surface area contributed by atoms with Gasteiger partial charge in [0.2, 0.25) is 0 Å². The number of carbonyl (C=O) groups is 1. The monoisotopic (exact) mass is 221 g/mol. The van der Waals surface area contributed by atoms with Crippen LogP contribution in [-0.2, 0) is 14.3 Å². The second-order valence-corrected chi connectivity index (χ2v) is 4.04. The minimum atomic E-state index is -0.635. The van der Waals surface area contributed by atoms with E-state index in [0.29, 0.717) is 18.8 Å². The third-order valence-corrected chi connectivity index (χ3v) is 2.39. The van der Waals surface area contributed by atoms with Gasteiger partial charge in [0.1, 0.15) is 6.04 Å². The molecule has 0 aliphatic rings. The van der Waals surface area contributed by atoms with E-state index >= 15 is 0 Å². The van der Waals surface area contributed by atoms with Crippen molar-refractivity contribution < 1.29 is 14.3 Å². The Bertz CT molecular complexity index is 185. The maximum atomic E-state index is 11.1. The smallest absolute Gasteiger partial charge is 0.323 e. The van der Waals surface area contributed by atoms with E-state index in [2.05, 4.69) is 12.6 Å². The third-order valence-electron chi connectivity index (χ3n) is 2.00. The number of rotatable bonds is 6. The van der Waals surface area contributed by atoms with Gasteiger partial charge in [-0.2, -0.15) is 12.6 Å². The van der Waals surface area contributed by atoms with E-state index < -0.39 is 12.0 Å². The Hall–Kier alpha value is -0.260. The van der Waals surface area contributed by atoms with Gasteiger partial charge in [0, 0.05) is 19.3 Å². The van der Waals surface area contributed by atoms with Crippen molar-refractivity contribution in [2.45, 2.75) is 31.9 Å². The molecule has 0 heterocycles. The lowest BCUT2D eigenvalue weighted by Crippen LogP contribution is -2.35. The number of esters is 1. The highest BCUT2D eigenvalue weighted by molar-refractivity contribution is 7.80. The molecule has 0 amide bonds. The van der Waals surface area contributed by atoms with Gasteiger partial charge in [0.15, 0.2) is 0 Å². The highest BCUT2D eigenvalue weighted by Crippen LogP contribution is 2.12. The van der Waals surface area contributed by atoms with Gasteiger partial charge in [-0.1, -0.05) is 0 Å². The van der Waals surface area contributed by atoms with Crippen molar-refractivity contribution in [1.82, 2.24) is 0 Å². The van der Waals surface area contributed by atoms with E-state index in [1.54, 1.807) is 7.11 Å². The summed E-state index contributed by atoms with van der Waals surface area (Å²) in [6, 6.07) is -0.635. The van der Waals surface area contributed by atoms with Crippen molar-refractivity contribution in [2.24, 2.45) is 5.73 Å². The third kappa shape index (κ3) is 5.47. The first-order valence-electron chi connectivity index (χ1n) is 4.51. The van der Waals surface area contributed by atoms with Crippen LogP contribution in [0.15, 0.2) is 0 Å². The minimum Gasteiger partial charge on any atom is -0.464 e. The Labute approximate surface area is 90.5 Å². The molecule has 0 aliphatic heterocycles. The number of ether oxygens (including phenoxy) is 2. The summed E-state index contributed by atoms with van der Waals surface area (Å²) in [5, 5.41) is 0. The molecule has 84 valence electrons. The molecule has 0 aromatic heterocycles. The molecule has 14 heavy (non-hydrogen) atoms. The molecule has 0 aromatic carbocycles. The molecule has 2 N–H and O–H groups in total. The topological polar surface area (TPSA) is 61.5 Å². The number of carbonyl (C=O) groups excluding carboxylic acids is 1. The van der Waals surface area contributed by atoms with Crippen molar-refractivity contribution in [3.8, 4) is 0 Å². The summed E-state index contributed by atoms with van der Waals surface area (Å²) in [6.45, 7) is 4.18. The molecule has 0 bridgehead atoms. The maximum absolute atomic E-state index is 11.1. The van der Waals surface area contributed by atoms with Crippen molar-refractivity contribution in [3.63, 3.8) is 0 Å². The quantitative estimate of drug-likeness (QED) is 0.509. The maximum Gasteiger partial charge on any atom is 0.323 e. The van der Waals surface area contributed by atoms with Gasteiger partial charge in [-0.25, -0.2) is 0 Å². The van der Waals surface area contributed by atoms with Crippen molar-refractivity contribution >= 4 is 18.6 Å². The van der Waals surface area contributed by atoms with E-state index in [0.717, 1.165) is 0 Å². The first kappa shape index (κ1) is 13.7. The van der Waals surface area contributed by atoms with Gasteiger partial charge in [-0.15, -0.1) is 0 Å². The van der Waals surface area contributed by atoms with Crippen LogP contribution in [0.5, 0.6) is 0 Å². The zero-order chi connectivity index (χ0) is 11.2. The summed E-state index contributed by atoms with van der Waals surface area (Å²) in [5.74, 6) is -0.112. The molecule has 0 saturated carbocycles. The fraction of sp³-hybridized carbons (Fsp3) is 0.889. The Kier molecular flexibility index (Phi) is 6.15. The molecule has 1 unspecified atom stereocenters. The fourth-order valence-electron chi connectivity index (χ4n) is 0.681. The van der Waals surface area contributed by atoms with E-state index in [1.165, 1.54) is 0 Å². The lowest BCUT2D eigenvalue weighted by atomic mass is 10.1. The van der Waals surface area contributed by atoms with Gasteiger partial charge >= 0.3 is 5.97 Å². The van der Waals surface area contributed by atoms with E-state index in [-0.39, 0.29) is 5.60 Å². The summed E-state index contributed by atoms with van der Waals surface area (Å²) >= 11 is 3.90. The Morgan fingerprint density at radius 2 is 2.14 bits per heavy atom. The molecule has 0 radical (unpaired) electrons. The van der Waals surface area contributed by atoms with E-state index in [4.69, 9.17) is 15.2 Å². The van der Waals surface area contributed by atoms with Crippen LogP contribution in [0.25, 0.3) is 0 Å². The lowest BCUT2D eigenvalue weighted by Gasteiger charge is -2.22. The zero-order valence-electron chi connectivity index (χ0n) is 8.95. The molecular weight excluding hydrogens is 202 g/mol. The largest absolute Gasteiger partial charge is 0.464 e. The van der Waals surface area contributed by atoms with Gasteiger partial charge in [0.25, 0.3) is 0 Å². The normalized spacial score (nSPS) is 13.8. The minimum absolute atomic E-state index is 0.272. The van der Waals surface area contributed by atoms with Crippen LogP contribution in [0.2, 0.25) is 0 Å². The van der Waals surface area contributed by atoms with Gasteiger partial charge < -0.3 is 15.2 Å². The second kappa shape index (κ2) is 6.27. The van der Waals surface area contributed by atoms with Crippen molar-refractivity contribution in [2.75, 3.05) is 19.5 Å². The molecule has 0 fully saturated rings. The van der Waals surface area contributed by atoms with Crippen LogP contribution in [-0.4, -0.2) is 37.1 Å². The van der Waals surface area contributed by atoms with Crippen molar-refractivity contribution in [1.29, 1.82) is 0 Å². The molecule has 0 saturated heterocycles. The van der Waals surface area contributed by atoms with E-state index in [9.17, 15) is 4.79 Å². The standard InChI is InChI=1S/C9H19NO3S/c1-9(2,12-3)4-5-13-8(11)7(10)6-14/h7,14H,4-6,10H2,1-3H3.